The lowest BCUT2D eigenvalue weighted by Crippen LogP contribution is -2.37. The van der Waals surface area contributed by atoms with Crippen molar-refractivity contribution in [2.24, 2.45) is 0 Å². The molecule has 2 aromatic carbocycles. The Kier molecular flexibility index (Phi) is 4.51. The van der Waals surface area contributed by atoms with Gasteiger partial charge in [0.2, 0.25) is 0 Å². The molecule has 0 radical (unpaired) electrons. The first-order valence-corrected chi connectivity index (χ1v) is 8.68. The second-order valence-electron chi connectivity index (χ2n) is 6.80. The van der Waals surface area contributed by atoms with Crippen LogP contribution >= 0.6 is 0 Å². The summed E-state index contributed by atoms with van der Waals surface area (Å²) in [7, 11) is 2.16. The Morgan fingerprint density at radius 3 is 2.92 bits per heavy atom. The fraction of sp³-hybridized carbons (Fsp3) is 0.350. The Hall–Kier alpha value is -2.24. The molecule has 0 amide bonds. The minimum atomic E-state index is -0.206. The quantitative estimate of drug-likeness (QED) is 0.779. The Labute approximate surface area is 146 Å². The highest BCUT2D eigenvalue weighted by Crippen LogP contribution is 2.31. The van der Waals surface area contributed by atoms with Gasteiger partial charge in [0.1, 0.15) is 5.82 Å². The molecule has 4 rings (SSSR count). The number of hydrogen-bond acceptors (Lipinski definition) is 3. The van der Waals surface area contributed by atoms with Gasteiger partial charge in [0.25, 0.3) is 0 Å². The third kappa shape index (κ3) is 3.57. The van der Waals surface area contributed by atoms with Crippen LogP contribution in [0.1, 0.15) is 30.1 Å². The highest BCUT2D eigenvalue weighted by molar-refractivity contribution is 5.78. The number of aromatic amines is 1. The van der Waals surface area contributed by atoms with E-state index in [9.17, 15) is 4.39 Å². The van der Waals surface area contributed by atoms with Crippen molar-refractivity contribution >= 4 is 10.9 Å². The number of nitrogens with one attached hydrogen (secondary N) is 1. The molecule has 0 unspecified atom stereocenters. The normalized spacial score (nSPS) is 21.1. The first-order valence-electron chi connectivity index (χ1n) is 8.68. The van der Waals surface area contributed by atoms with Gasteiger partial charge in [-0.05, 0) is 49.2 Å². The van der Waals surface area contributed by atoms with Gasteiger partial charge in [-0.25, -0.2) is 4.39 Å². The van der Waals surface area contributed by atoms with Gasteiger partial charge < -0.3 is 4.74 Å². The Morgan fingerprint density at radius 2 is 2.08 bits per heavy atom. The minimum Gasteiger partial charge on any atom is -0.373 e. The summed E-state index contributed by atoms with van der Waals surface area (Å²) < 4.78 is 19.1. The van der Waals surface area contributed by atoms with E-state index >= 15 is 0 Å². The maximum atomic E-state index is 13.1. The molecule has 1 fully saturated rings. The summed E-state index contributed by atoms with van der Waals surface area (Å²) in [6.45, 7) is 1.62. The van der Waals surface area contributed by atoms with Gasteiger partial charge in [-0.1, -0.05) is 24.3 Å². The second kappa shape index (κ2) is 6.94. The lowest BCUT2D eigenvalue weighted by atomic mass is 9.96. The average molecular weight is 339 g/mol. The maximum absolute atomic E-state index is 13.1. The van der Waals surface area contributed by atoms with Crippen LogP contribution in [0.2, 0.25) is 0 Å². The lowest BCUT2D eigenvalue weighted by molar-refractivity contribution is -0.0249. The molecule has 1 aromatic heterocycles. The van der Waals surface area contributed by atoms with Crippen molar-refractivity contribution in [2.75, 3.05) is 13.7 Å². The van der Waals surface area contributed by atoms with Crippen molar-refractivity contribution in [3.63, 3.8) is 0 Å². The molecular weight excluding hydrogens is 317 g/mol. The van der Waals surface area contributed by atoms with Crippen molar-refractivity contribution < 1.29 is 9.13 Å². The lowest BCUT2D eigenvalue weighted by Gasteiger charge is -2.35. The summed E-state index contributed by atoms with van der Waals surface area (Å²) in [6.07, 6.45) is 3.82. The zero-order valence-corrected chi connectivity index (χ0v) is 14.3. The molecule has 0 bridgehead atoms. The van der Waals surface area contributed by atoms with Crippen LogP contribution in [0.5, 0.6) is 0 Å². The van der Waals surface area contributed by atoms with Gasteiger partial charge in [-0.15, -0.1) is 0 Å². The Balaban J connectivity index is 1.44. The molecule has 5 heteroatoms. The summed E-state index contributed by atoms with van der Waals surface area (Å²) in [5.74, 6) is -0.206. The van der Waals surface area contributed by atoms with Crippen molar-refractivity contribution in [2.45, 2.75) is 31.5 Å². The van der Waals surface area contributed by atoms with Crippen LogP contribution in [0.3, 0.4) is 0 Å². The number of aromatic nitrogens is 2. The van der Waals surface area contributed by atoms with Gasteiger partial charge in [0.15, 0.2) is 0 Å². The van der Waals surface area contributed by atoms with E-state index in [2.05, 4.69) is 40.3 Å². The first-order chi connectivity index (χ1) is 12.2. The third-order valence-electron chi connectivity index (χ3n) is 5.06. The zero-order valence-electron chi connectivity index (χ0n) is 14.3. The van der Waals surface area contributed by atoms with Crippen LogP contribution in [-0.4, -0.2) is 34.8 Å². The molecular formula is C20H22FN3O. The van der Waals surface area contributed by atoms with E-state index in [-0.39, 0.29) is 11.9 Å². The van der Waals surface area contributed by atoms with Crippen LogP contribution in [0.15, 0.2) is 48.7 Å². The molecule has 130 valence electrons. The number of nitrogens with zero attached hydrogens (tertiary/aromatic N) is 2. The number of H-pyrrole nitrogens is 1. The number of hydrogen-bond donors (Lipinski definition) is 1. The zero-order chi connectivity index (χ0) is 17.2. The van der Waals surface area contributed by atoms with Crippen LogP contribution in [0.4, 0.5) is 4.39 Å². The second-order valence-corrected chi connectivity index (χ2v) is 6.80. The van der Waals surface area contributed by atoms with E-state index in [1.807, 2.05) is 18.3 Å². The van der Waals surface area contributed by atoms with E-state index in [4.69, 9.17) is 4.74 Å². The van der Waals surface area contributed by atoms with Crippen LogP contribution in [0, 0.1) is 5.82 Å². The first kappa shape index (κ1) is 16.2. The van der Waals surface area contributed by atoms with E-state index in [0.717, 1.165) is 42.5 Å². The van der Waals surface area contributed by atoms with Crippen LogP contribution in [-0.2, 0) is 11.3 Å². The molecule has 2 heterocycles. The number of benzene rings is 2. The highest BCUT2D eigenvalue weighted by Gasteiger charge is 2.26. The summed E-state index contributed by atoms with van der Waals surface area (Å²) >= 11 is 0. The van der Waals surface area contributed by atoms with Crippen LogP contribution < -0.4 is 0 Å². The van der Waals surface area contributed by atoms with Crippen molar-refractivity contribution in [3.05, 3.63) is 65.6 Å². The molecule has 0 saturated carbocycles. The minimum absolute atomic E-state index is 0.0388. The van der Waals surface area contributed by atoms with E-state index in [0.29, 0.717) is 6.04 Å². The summed E-state index contributed by atoms with van der Waals surface area (Å²) in [5.41, 5.74) is 3.39. The molecule has 4 nitrogen and oxygen atoms in total. The summed E-state index contributed by atoms with van der Waals surface area (Å²) in [6, 6.07) is 13.5. The van der Waals surface area contributed by atoms with Crippen molar-refractivity contribution in [1.82, 2.24) is 15.1 Å². The molecule has 0 aliphatic carbocycles. The SMILES string of the molecule is CN(Cc1ccc2cn[nH]c2c1)[C@H]1CCO[C@H](c2ccc(F)cc2)C1. The third-order valence-corrected chi connectivity index (χ3v) is 5.06. The predicted octanol–water partition coefficient (Wildman–Crippen LogP) is 4.05. The molecule has 25 heavy (non-hydrogen) atoms. The van der Waals surface area contributed by atoms with E-state index < -0.39 is 0 Å². The number of ether oxygens (including phenoxy) is 1. The number of fused-ring (bicyclic) bond motifs is 1. The molecule has 1 N–H and O–H groups in total. The topological polar surface area (TPSA) is 41.2 Å². The van der Waals surface area contributed by atoms with Crippen molar-refractivity contribution in [1.29, 1.82) is 0 Å². The summed E-state index contributed by atoms with van der Waals surface area (Å²) in [5, 5.41) is 8.24. The molecule has 1 saturated heterocycles. The van der Waals surface area contributed by atoms with Gasteiger partial charge in [0, 0.05) is 24.6 Å². The monoisotopic (exact) mass is 339 g/mol. The Bertz CT molecular complexity index is 846. The fourth-order valence-electron chi connectivity index (χ4n) is 3.59. The maximum Gasteiger partial charge on any atom is 0.123 e. The molecule has 2 atom stereocenters. The molecule has 3 aromatic rings. The molecule has 1 aliphatic rings. The largest absolute Gasteiger partial charge is 0.373 e. The smallest absolute Gasteiger partial charge is 0.123 e. The number of rotatable bonds is 4. The standard InChI is InChI=1S/C20H22FN3O/c1-24(13-14-2-3-16-12-22-23-19(16)10-14)18-8-9-25-20(11-18)15-4-6-17(21)7-5-15/h2-7,10,12,18,20H,8-9,11,13H2,1H3,(H,22,23)/t18-,20-/m0/s1. The molecule has 1 aliphatic heterocycles. The average Bonchev–Trinajstić information content (AvgIpc) is 3.10. The summed E-state index contributed by atoms with van der Waals surface area (Å²) in [4.78, 5) is 2.39. The van der Waals surface area contributed by atoms with Gasteiger partial charge in [0.05, 0.1) is 17.8 Å². The van der Waals surface area contributed by atoms with Gasteiger partial charge >= 0.3 is 0 Å². The van der Waals surface area contributed by atoms with Gasteiger partial charge in [-0.2, -0.15) is 5.10 Å². The van der Waals surface area contributed by atoms with E-state index in [1.54, 1.807) is 0 Å². The predicted molar refractivity (Wildman–Crippen MR) is 95.7 cm³/mol. The fourth-order valence-corrected chi connectivity index (χ4v) is 3.59. The Morgan fingerprint density at radius 1 is 1.24 bits per heavy atom. The number of halogens is 1. The van der Waals surface area contributed by atoms with Crippen molar-refractivity contribution in [3.8, 4) is 0 Å². The highest BCUT2D eigenvalue weighted by atomic mass is 19.1. The van der Waals surface area contributed by atoms with Crippen LogP contribution in [0.25, 0.3) is 10.9 Å². The van der Waals surface area contributed by atoms with Gasteiger partial charge in [-0.3, -0.25) is 10.00 Å². The molecule has 0 spiro atoms. The van der Waals surface area contributed by atoms with E-state index in [1.165, 1.54) is 17.7 Å².